The zero-order valence-electron chi connectivity index (χ0n) is 21.5. The molecule has 1 saturated heterocycles. The first-order valence-corrected chi connectivity index (χ1v) is 13.6. The Labute approximate surface area is 237 Å². The zero-order valence-corrected chi connectivity index (χ0v) is 23.0. The van der Waals surface area contributed by atoms with Crippen molar-refractivity contribution < 1.29 is 9.59 Å². The number of rotatable bonds is 8. The number of aryl methyl sites for hydroxylation is 1. The molecule has 7 nitrogen and oxygen atoms in total. The normalized spacial score (nSPS) is 13.9. The van der Waals surface area contributed by atoms with Gasteiger partial charge in [0.15, 0.2) is 0 Å². The Bertz CT molecular complexity index is 1470. The summed E-state index contributed by atoms with van der Waals surface area (Å²) in [5.41, 5.74) is 5.24. The topological polar surface area (TPSA) is 90.1 Å². The molecule has 3 amide bonds. The number of anilines is 1. The highest BCUT2D eigenvalue weighted by atomic mass is 35.5. The highest BCUT2D eigenvalue weighted by Crippen LogP contribution is 2.30. The number of aromatic nitrogens is 2. The van der Waals surface area contributed by atoms with E-state index in [2.05, 4.69) is 15.6 Å². The van der Waals surface area contributed by atoms with Crippen molar-refractivity contribution in [3.63, 3.8) is 0 Å². The third-order valence-corrected chi connectivity index (χ3v) is 7.27. The number of carbonyl (C=O) groups excluding carboxylic acids is 2. The largest absolute Gasteiger partial charge is 0.334 e. The lowest BCUT2D eigenvalue weighted by atomic mass is 10.1. The van der Waals surface area contributed by atoms with Gasteiger partial charge in [0.05, 0.1) is 6.04 Å². The molecule has 1 atom stereocenters. The summed E-state index contributed by atoms with van der Waals surface area (Å²) in [7, 11) is 0. The molecule has 3 aromatic carbocycles. The molecule has 0 bridgehead atoms. The molecule has 0 aliphatic carbocycles. The summed E-state index contributed by atoms with van der Waals surface area (Å²) >= 11 is 12.8. The maximum Gasteiger partial charge on any atom is 0.315 e. The number of urea groups is 1. The van der Waals surface area contributed by atoms with Crippen LogP contribution >= 0.6 is 23.2 Å². The van der Waals surface area contributed by atoms with E-state index in [9.17, 15) is 9.59 Å². The van der Waals surface area contributed by atoms with E-state index in [1.165, 1.54) is 0 Å². The summed E-state index contributed by atoms with van der Waals surface area (Å²) in [6, 6.07) is 22.4. The molecule has 0 radical (unpaired) electrons. The zero-order chi connectivity index (χ0) is 27.4. The number of benzene rings is 3. The Kier molecular flexibility index (Phi) is 8.19. The van der Waals surface area contributed by atoms with Crippen LogP contribution in [0, 0.1) is 6.92 Å². The molecule has 5 rings (SSSR count). The van der Waals surface area contributed by atoms with Gasteiger partial charge in [-0.3, -0.25) is 4.79 Å². The van der Waals surface area contributed by atoms with Crippen LogP contribution in [0.25, 0.3) is 11.3 Å². The lowest BCUT2D eigenvalue weighted by molar-refractivity contribution is -0.117. The van der Waals surface area contributed by atoms with Gasteiger partial charge in [0, 0.05) is 35.8 Å². The smallest absolute Gasteiger partial charge is 0.315 e. The van der Waals surface area contributed by atoms with Gasteiger partial charge in [-0.2, -0.15) is 0 Å². The van der Waals surface area contributed by atoms with Crippen molar-refractivity contribution in [2.75, 3.05) is 11.4 Å². The number of aromatic amines is 1. The van der Waals surface area contributed by atoms with E-state index in [0.717, 1.165) is 34.4 Å². The predicted molar refractivity (Wildman–Crippen MR) is 155 cm³/mol. The molecule has 9 heteroatoms. The minimum atomic E-state index is -0.469. The molecule has 1 aliphatic heterocycles. The highest BCUT2D eigenvalue weighted by Gasteiger charge is 2.25. The van der Waals surface area contributed by atoms with E-state index in [1.807, 2.05) is 67.6 Å². The van der Waals surface area contributed by atoms with Gasteiger partial charge in [-0.15, -0.1) is 0 Å². The molecule has 0 spiro atoms. The van der Waals surface area contributed by atoms with Crippen molar-refractivity contribution in [1.82, 2.24) is 20.6 Å². The first-order chi connectivity index (χ1) is 18.9. The van der Waals surface area contributed by atoms with Gasteiger partial charge in [-0.1, -0.05) is 83.4 Å². The van der Waals surface area contributed by atoms with Gasteiger partial charge in [0.1, 0.15) is 16.7 Å². The third-order valence-electron chi connectivity index (χ3n) is 6.77. The monoisotopic (exact) mass is 561 g/mol. The van der Waals surface area contributed by atoms with E-state index in [1.54, 1.807) is 17.0 Å². The number of hydrogen-bond acceptors (Lipinski definition) is 3. The molecule has 0 unspecified atom stereocenters. The second-order valence-corrected chi connectivity index (χ2v) is 10.5. The average Bonchev–Trinajstić information content (AvgIpc) is 3.53. The Morgan fingerprint density at radius 1 is 1.08 bits per heavy atom. The molecule has 3 N–H and O–H groups in total. The van der Waals surface area contributed by atoms with E-state index >= 15 is 0 Å². The van der Waals surface area contributed by atoms with Crippen LogP contribution in [0.4, 0.5) is 10.5 Å². The van der Waals surface area contributed by atoms with Crippen molar-refractivity contribution in [2.24, 2.45) is 0 Å². The number of imidazole rings is 1. The van der Waals surface area contributed by atoms with Gasteiger partial charge in [-0.05, 0) is 49.1 Å². The molecule has 0 saturated carbocycles. The third kappa shape index (κ3) is 6.44. The number of H-pyrrole nitrogens is 1. The molecule has 4 aromatic rings. The Morgan fingerprint density at radius 2 is 1.85 bits per heavy atom. The van der Waals surface area contributed by atoms with Gasteiger partial charge < -0.3 is 20.5 Å². The second-order valence-electron chi connectivity index (χ2n) is 9.64. The molecule has 2 heterocycles. The fourth-order valence-corrected chi connectivity index (χ4v) is 5.19. The Hall–Kier alpha value is -3.81. The van der Waals surface area contributed by atoms with Crippen LogP contribution in [0.5, 0.6) is 0 Å². The van der Waals surface area contributed by atoms with Gasteiger partial charge in [-0.25, -0.2) is 9.78 Å². The SMILES string of the molecule is Cc1ccc(-c2nc([C@H](Cc3ccccc3)NC(=O)NCc3cc(Cl)ccc3N3CCCC3=O)[nH]c2Cl)cc1. The first-order valence-electron chi connectivity index (χ1n) is 12.9. The number of hydrogen-bond donors (Lipinski definition) is 3. The molecular weight excluding hydrogens is 533 g/mol. The number of nitrogens with zero attached hydrogens (tertiary/aromatic N) is 2. The van der Waals surface area contributed by atoms with E-state index in [0.29, 0.717) is 41.1 Å². The van der Waals surface area contributed by atoms with Crippen LogP contribution in [0.15, 0.2) is 72.8 Å². The summed E-state index contributed by atoms with van der Waals surface area (Å²) in [6.07, 6.45) is 1.84. The summed E-state index contributed by atoms with van der Waals surface area (Å²) in [5.74, 6) is 0.630. The summed E-state index contributed by atoms with van der Waals surface area (Å²) in [5, 5.41) is 6.93. The minimum absolute atomic E-state index is 0.0741. The van der Waals surface area contributed by atoms with Crippen LogP contribution in [0.2, 0.25) is 10.2 Å². The number of carbonyl (C=O) groups is 2. The number of nitrogens with one attached hydrogen (secondary N) is 3. The Balaban J connectivity index is 1.35. The summed E-state index contributed by atoms with van der Waals surface area (Å²) in [6.45, 7) is 2.88. The van der Waals surface area contributed by atoms with Crippen molar-refractivity contribution in [3.05, 3.63) is 105 Å². The van der Waals surface area contributed by atoms with Gasteiger partial charge >= 0.3 is 6.03 Å². The van der Waals surface area contributed by atoms with E-state index in [-0.39, 0.29) is 18.5 Å². The lowest BCUT2D eigenvalue weighted by Crippen LogP contribution is -2.39. The minimum Gasteiger partial charge on any atom is -0.334 e. The molecule has 200 valence electrons. The van der Waals surface area contributed by atoms with E-state index < -0.39 is 6.04 Å². The fraction of sp³-hybridized carbons (Fsp3) is 0.233. The van der Waals surface area contributed by atoms with Gasteiger partial charge in [0.25, 0.3) is 0 Å². The van der Waals surface area contributed by atoms with Crippen molar-refractivity contribution in [2.45, 2.75) is 38.8 Å². The maximum atomic E-state index is 13.2. The molecule has 1 aliphatic rings. The fourth-order valence-electron chi connectivity index (χ4n) is 4.75. The number of amides is 3. The molecule has 1 aromatic heterocycles. The predicted octanol–water partition coefficient (Wildman–Crippen LogP) is 6.60. The quantitative estimate of drug-likeness (QED) is 0.226. The van der Waals surface area contributed by atoms with Crippen LogP contribution < -0.4 is 15.5 Å². The first kappa shape index (κ1) is 26.8. The lowest BCUT2D eigenvalue weighted by Gasteiger charge is -2.21. The average molecular weight is 563 g/mol. The highest BCUT2D eigenvalue weighted by molar-refractivity contribution is 6.32. The maximum absolute atomic E-state index is 13.2. The standard InChI is InChI=1S/C30H29Cl2N5O2/c1-19-9-11-21(12-10-19)27-28(32)36-29(35-27)24(16-20-6-3-2-4-7-20)34-30(39)33-18-22-17-23(31)13-14-25(22)37-15-5-8-26(37)38/h2-4,6-7,9-14,17,24H,5,8,15-16,18H2,1H3,(H,35,36)(H2,33,34,39)/t24-/m0/s1. The summed E-state index contributed by atoms with van der Waals surface area (Å²) in [4.78, 5) is 35.2. The van der Waals surface area contributed by atoms with Crippen LogP contribution in [-0.4, -0.2) is 28.5 Å². The number of halogens is 2. The van der Waals surface area contributed by atoms with Crippen molar-refractivity contribution >= 4 is 40.8 Å². The summed E-state index contributed by atoms with van der Waals surface area (Å²) < 4.78 is 0. The van der Waals surface area contributed by atoms with Gasteiger partial charge in [0.2, 0.25) is 5.91 Å². The van der Waals surface area contributed by atoms with Crippen LogP contribution in [0.3, 0.4) is 0 Å². The second kappa shape index (κ2) is 11.9. The van der Waals surface area contributed by atoms with E-state index in [4.69, 9.17) is 28.2 Å². The van der Waals surface area contributed by atoms with Crippen LogP contribution in [-0.2, 0) is 17.8 Å². The molecular formula is C30H29Cl2N5O2. The van der Waals surface area contributed by atoms with Crippen molar-refractivity contribution in [1.29, 1.82) is 0 Å². The van der Waals surface area contributed by atoms with Crippen LogP contribution in [0.1, 0.15) is 41.4 Å². The Morgan fingerprint density at radius 3 is 2.56 bits per heavy atom. The molecule has 1 fully saturated rings. The van der Waals surface area contributed by atoms with Crippen molar-refractivity contribution in [3.8, 4) is 11.3 Å². The molecule has 39 heavy (non-hydrogen) atoms.